The fourth-order valence-electron chi connectivity index (χ4n) is 2.05. The normalized spacial score (nSPS) is 29.2. The first kappa shape index (κ1) is 13.8. The number of likely N-dealkylation sites (tertiary alicyclic amines) is 1. The molecule has 1 heterocycles. The van der Waals surface area contributed by atoms with Crippen LogP contribution < -0.4 is 0 Å². The number of amides is 1. The second-order valence-corrected chi connectivity index (χ2v) is 5.75. The van der Waals surface area contributed by atoms with Crippen molar-refractivity contribution in [1.29, 1.82) is 0 Å². The molecular weight excluding hydrogens is 222 g/mol. The number of carbonyl (C=O) groups is 2. The molecule has 5 heteroatoms. The zero-order valence-corrected chi connectivity index (χ0v) is 11.1. The van der Waals surface area contributed by atoms with Crippen LogP contribution in [0, 0.1) is 11.8 Å². The molecule has 0 aromatic rings. The third-order valence-corrected chi connectivity index (χ3v) is 3.10. The van der Waals surface area contributed by atoms with E-state index < -0.39 is 23.7 Å². The summed E-state index contributed by atoms with van der Waals surface area (Å²) >= 11 is 0. The maximum Gasteiger partial charge on any atom is 0.411 e. The molecule has 3 atom stereocenters. The lowest BCUT2D eigenvalue weighted by atomic mass is 9.94. The number of ether oxygens (including phenoxy) is 1. The number of carboxylic acids is 1. The quantitative estimate of drug-likeness (QED) is 0.764. The van der Waals surface area contributed by atoms with Crippen LogP contribution in [0.15, 0.2) is 0 Å². The van der Waals surface area contributed by atoms with E-state index in [1.54, 1.807) is 20.8 Å². The summed E-state index contributed by atoms with van der Waals surface area (Å²) in [5, 5.41) is 9.17. The molecule has 1 N–H and O–H groups in total. The summed E-state index contributed by atoms with van der Waals surface area (Å²) in [5.41, 5.74) is -0.602. The van der Waals surface area contributed by atoms with Crippen molar-refractivity contribution in [3.05, 3.63) is 0 Å². The van der Waals surface area contributed by atoms with Crippen LogP contribution in [-0.4, -0.2) is 40.3 Å². The van der Waals surface area contributed by atoms with Gasteiger partial charge in [-0.15, -0.1) is 0 Å². The molecule has 1 aliphatic rings. The highest BCUT2D eigenvalue weighted by molar-refractivity contribution is 5.81. The number of carboxylic acid groups (broad SMARTS) is 1. The van der Waals surface area contributed by atoms with Crippen LogP contribution in [0.5, 0.6) is 0 Å². The summed E-state index contributed by atoms with van der Waals surface area (Å²) in [6.45, 7) is 9.54. The number of hydrogen-bond donors (Lipinski definition) is 1. The fourth-order valence-corrected chi connectivity index (χ4v) is 2.05. The summed E-state index contributed by atoms with van der Waals surface area (Å²) in [4.78, 5) is 24.4. The van der Waals surface area contributed by atoms with Gasteiger partial charge in [0, 0.05) is 6.54 Å². The predicted molar refractivity (Wildman–Crippen MR) is 62.7 cm³/mol. The van der Waals surface area contributed by atoms with Crippen LogP contribution >= 0.6 is 0 Å². The smallest absolute Gasteiger partial charge is 0.411 e. The van der Waals surface area contributed by atoms with Gasteiger partial charge >= 0.3 is 12.1 Å². The van der Waals surface area contributed by atoms with Crippen LogP contribution in [-0.2, 0) is 9.53 Å². The maximum absolute atomic E-state index is 11.9. The zero-order valence-electron chi connectivity index (χ0n) is 11.1. The molecule has 0 aromatic carbocycles. The Kier molecular flexibility index (Phi) is 3.69. The van der Waals surface area contributed by atoms with E-state index in [1.165, 1.54) is 4.90 Å². The predicted octanol–water partition coefficient (Wildman–Crippen LogP) is 1.96. The molecule has 1 amide bonds. The number of nitrogens with zero attached hydrogens (tertiary/aromatic N) is 1. The molecular formula is C12H21NO4. The largest absolute Gasteiger partial charge is 0.480 e. The number of aliphatic carboxylic acids is 1. The van der Waals surface area contributed by atoms with E-state index in [9.17, 15) is 9.59 Å². The van der Waals surface area contributed by atoms with Gasteiger partial charge in [0.2, 0.25) is 0 Å². The molecule has 0 spiro atoms. The van der Waals surface area contributed by atoms with E-state index in [2.05, 4.69) is 0 Å². The standard InChI is InChI=1S/C12H21NO4/c1-7-6-13(9(8(7)2)10(14)15)11(16)17-12(3,4)5/h7-9H,6H2,1-5H3,(H,14,15)/t7-,8-,9+/m1/s1. The third kappa shape index (κ3) is 3.11. The topological polar surface area (TPSA) is 66.8 Å². The molecule has 0 bridgehead atoms. The van der Waals surface area contributed by atoms with Crippen molar-refractivity contribution in [3.8, 4) is 0 Å². The van der Waals surface area contributed by atoms with Crippen molar-refractivity contribution in [3.63, 3.8) is 0 Å². The molecule has 0 unspecified atom stereocenters. The lowest BCUT2D eigenvalue weighted by Crippen LogP contribution is -2.45. The van der Waals surface area contributed by atoms with Gasteiger partial charge in [-0.3, -0.25) is 4.90 Å². The Morgan fingerprint density at radius 1 is 1.29 bits per heavy atom. The molecule has 5 nitrogen and oxygen atoms in total. The SMILES string of the molecule is C[C@@H]1[C@H](C)CN(C(=O)OC(C)(C)C)[C@@H]1C(=O)O. The Bertz CT molecular complexity index is 321. The summed E-state index contributed by atoms with van der Waals surface area (Å²) in [7, 11) is 0. The number of carbonyl (C=O) groups excluding carboxylic acids is 1. The Labute approximate surface area is 102 Å². The average Bonchev–Trinajstić information content (AvgIpc) is 2.40. The van der Waals surface area contributed by atoms with E-state index in [4.69, 9.17) is 9.84 Å². The molecule has 0 aromatic heterocycles. The van der Waals surface area contributed by atoms with E-state index >= 15 is 0 Å². The molecule has 0 radical (unpaired) electrons. The van der Waals surface area contributed by atoms with Gasteiger partial charge in [-0.05, 0) is 32.6 Å². The summed E-state index contributed by atoms with van der Waals surface area (Å²) < 4.78 is 5.22. The van der Waals surface area contributed by atoms with Gasteiger partial charge in [-0.25, -0.2) is 9.59 Å². The van der Waals surface area contributed by atoms with Crippen LogP contribution in [0.3, 0.4) is 0 Å². The lowest BCUT2D eigenvalue weighted by molar-refractivity contribution is -0.143. The molecule has 1 aliphatic heterocycles. The Hall–Kier alpha value is -1.26. The van der Waals surface area contributed by atoms with Crippen LogP contribution in [0.2, 0.25) is 0 Å². The summed E-state index contributed by atoms with van der Waals surface area (Å²) in [6, 6.07) is -0.778. The van der Waals surface area contributed by atoms with Gasteiger partial charge < -0.3 is 9.84 Å². The molecule has 0 saturated carbocycles. The average molecular weight is 243 g/mol. The van der Waals surface area contributed by atoms with Gasteiger partial charge in [-0.2, -0.15) is 0 Å². The molecule has 0 aliphatic carbocycles. The first-order valence-corrected chi connectivity index (χ1v) is 5.86. The van der Waals surface area contributed by atoms with Crippen molar-refractivity contribution < 1.29 is 19.4 Å². The first-order chi connectivity index (χ1) is 7.63. The second kappa shape index (κ2) is 4.55. The van der Waals surface area contributed by atoms with Crippen molar-refractivity contribution in [2.45, 2.75) is 46.3 Å². The molecule has 98 valence electrons. The Balaban J connectivity index is 2.82. The van der Waals surface area contributed by atoms with E-state index in [-0.39, 0.29) is 11.8 Å². The molecule has 1 fully saturated rings. The van der Waals surface area contributed by atoms with Crippen LogP contribution in [0.1, 0.15) is 34.6 Å². The van der Waals surface area contributed by atoms with E-state index in [1.807, 2.05) is 13.8 Å². The molecule has 1 saturated heterocycles. The van der Waals surface area contributed by atoms with Crippen LogP contribution in [0.4, 0.5) is 4.79 Å². The van der Waals surface area contributed by atoms with Gasteiger partial charge in [0.05, 0.1) is 0 Å². The van der Waals surface area contributed by atoms with Crippen molar-refractivity contribution in [1.82, 2.24) is 4.90 Å². The Morgan fingerprint density at radius 3 is 2.24 bits per heavy atom. The minimum absolute atomic E-state index is 0.0555. The molecule has 17 heavy (non-hydrogen) atoms. The van der Waals surface area contributed by atoms with Gasteiger partial charge in [-0.1, -0.05) is 13.8 Å². The summed E-state index contributed by atoms with van der Waals surface area (Å²) in [6.07, 6.45) is -0.541. The highest BCUT2D eigenvalue weighted by Gasteiger charge is 2.45. The highest BCUT2D eigenvalue weighted by atomic mass is 16.6. The zero-order chi connectivity index (χ0) is 13.4. The van der Waals surface area contributed by atoms with Crippen LogP contribution in [0.25, 0.3) is 0 Å². The number of rotatable bonds is 1. The fraction of sp³-hybridized carbons (Fsp3) is 0.833. The maximum atomic E-state index is 11.9. The van der Waals surface area contributed by atoms with Crippen molar-refractivity contribution >= 4 is 12.1 Å². The van der Waals surface area contributed by atoms with Crippen molar-refractivity contribution in [2.75, 3.05) is 6.54 Å². The Morgan fingerprint density at radius 2 is 1.82 bits per heavy atom. The highest BCUT2D eigenvalue weighted by Crippen LogP contribution is 2.30. The second-order valence-electron chi connectivity index (χ2n) is 5.75. The van der Waals surface area contributed by atoms with E-state index in [0.29, 0.717) is 6.54 Å². The lowest BCUT2D eigenvalue weighted by Gasteiger charge is -2.27. The third-order valence-electron chi connectivity index (χ3n) is 3.10. The van der Waals surface area contributed by atoms with E-state index in [0.717, 1.165) is 0 Å². The van der Waals surface area contributed by atoms with Gasteiger partial charge in [0.1, 0.15) is 11.6 Å². The van der Waals surface area contributed by atoms with Crippen molar-refractivity contribution in [2.24, 2.45) is 11.8 Å². The first-order valence-electron chi connectivity index (χ1n) is 5.86. The minimum Gasteiger partial charge on any atom is -0.480 e. The minimum atomic E-state index is -0.965. The molecule has 1 rings (SSSR count). The number of hydrogen-bond acceptors (Lipinski definition) is 3. The monoisotopic (exact) mass is 243 g/mol. The summed E-state index contributed by atoms with van der Waals surface area (Å²) in [5.74, 6) is -0.851. The van der Waals surface area contributed by atoms with Gasteiger partial charge in [0.15, 0.2) is 0 Å². The van der Waals surface area contributed by atoms with Gasteiger partial charge in [0.25, 0.3) is 0 Å².